The zero-order valence-electron chi connectivity index (χ0n) is 18.7. The van der Waals surface area contributed by atoms with Crippen LogP contribution in [0.4, 0.5) is 29.5 Å². The maximum atomic E-state index is 14.7. The van der Waals surface area contributed by atoms with Crippen molar-refractivity contribution in [3.8, 4) is 0 Å². The van der Waals surface area contributed by atoms with Crippen molar-refractivity contribution in [3.63, 3.8) is 0 Å². The van der Waals surface area contributed by atoms with Crippen molar-refractivity contribution < 1.29 is 27.6 Å². The van der Waals surface area contributed by atoms with Gasteiger partial charge in [-0.05, 0) is 37.8 Å². The fourth-order valence-electron chi connectivity index (χ4n) is 3.32. The summed E-state index contributed by atoms with van der Waals surface area (Å²) in [7, 11) is 0. The van der Waals surface area contributed by atoms with Gasteiger partial charge in [0.2, 0.25) is 5.91 Å². The molecule has 0 radical (unpaired) electrons. The fraction of sp³-hybridized carbons (Fsp3) is 0.364. The van der Waals surface area contributed by atoms with Crippen LogP contribution in [0.15, 0.2) is 29.3 Å². The van der Waals surface area contributed by atoms with Gasteiger partial charge in [-0.2, -0.15) is 0 Å². The van der Waals surface area contributed by atoms with Gasteiger partial charge in [0.15, 0.2) is 11.6 Å². The van der Waals surface area contributed by atoms with E-state index in [4.69, 9.17) is 0 Å². The minimum atomic E-state index is -1.48. The molecule has 0 bridgehead atoms. The number of amides is 4. The number of rotatable bonds is 6. The lowest BCUT2D eigenvalue weighted by Gasteiger charge is -2.27. The third-order valence-electron chi connectivity index (χ3n) is 5.31. The molecule has 33 heavy (non-hydrogen) atoms. The number of nitrogens with zero attached hydrogens (tertiary/aromatic N) is 3. The third-order valence-corrected chi connectivity index (χ3v) is 6.09. The summed E-state index contributed by atoms with van der Waals surface area (Å²) in [4.78, 5) is 43.3. The molecule has 1 aromatic heterocycles. The first-order valence-electron chi connectivity index (χ1n) is 10.0. The van der Waals surface area contributed by atoms with Gasteiger partial charge in [-0.1, -0.05) is 13.8 Å². The Morgan fingerprint density at radius 2 is 1.85 bits per heavy atom. The number of carbonyl (C=O) groups is 3. The molecule has 7 nitrogen and oxygen atoms in total. The van der Waals surface area contributed by atoms with Crippen molar-refractivity contribution >= 4 is 41.1 Å². The SMILES string of the molecule is CSc1c(F)cc(N2C(=O)N(Cc3ccnc(NC(=O)C(C)C)c3)C(C)(C)C2=O)c(F)c1F. The fourth-order valence-corrected chi connectivity index (χ4v) is 3.85. The number of carbonyl (C=O) groups excluding carboxylic acids is 3. The Bertz CT molecular complexity index is 1140. The Kier molecular flexibility index (Phi) is 6.73. The quantitative estimate of drug-likeness (QED) is 0.372. The zero-order valence-corrected chi connectivity index (χ0v) is 19.5. The molecule has 0 atom stereocenters. The van der Waals surface area contributed by atoms with Gasteiger partial charge in [0.05, 0.1) is 10.6 Å². The summed E-state index contributed by atoms with van der Waals surface area (Å²) in [6.45, 7) is 6.27. The highest BCUT2D eigenvalue weighted by molar-refractivity contribution is 7.98. The molecule has 11 heteroatoms. The summed E-state index contributed by atoms with van der Waals surface area (Å²) in [6.07, 6.45) is 2.81. The maximum absolute atomic E-state index is 14.7. The Morgan fingerprint density at radius 3 is 2.45 bits per heavy atom. The van der Waals surface area contributed by atoms with Crippen molar-refractivity contribution in [3.05, 3.63) is 47.4 Å². The Balaban J connectivity index is 1.95. The number of hydrogen-bond acceptors (Lipinski definition) is 5. The van der Waals surface area contributed by atoms with Crippen LogP contribution in [-0.4, -0.2) is 39.5 Å². The van der Waals surface area contributed by atoms with Crippen molar-refractivity contribution in [2.75, 3.05) is 16.5 Å². The summed E-state index contributed by atoms with van der Waals surface area (Å²) in [5, 5.41) is 2.65. The maximum Gasteiger partial charge on any atom is 0.332 e. The van der Waals surface area contributed by atoms with Crippen LogP contribution in [0.25, 0.3) is 0 Å². The molecule has 1 N–H and O–H groups in total. The number of pyridine rings is 1. The molecule has 0 saturated carbocycles. The molecule has 1 fully saturated rings. The zero-order chi connectivity index (χ0) is 24.7. The average molecular weight is 481 g/mol. The Morgan fingerprint density at radius 1 is 1.18 bits per heavy atom. The van der Waals surface area contributed by atoms with Gasteiger partial charge in [-0.25, -0.2) is 27.8 Å². The molecule has 0 aliphatic carbocycles. The van der Waals surface area contributed by atoms with Gasteiger partial charge in [0.1, 0.15) is 17.2 Å². The van der Waals surface area contributed by atoms with Crippen LogP contribution < -0.4 is 10.2 Å². The normalized spacial score (nSPS) is 15.5. The minimum absolute atomic E-state index is 0.0867. The van der Waals surface area contributed by atoms with E-state index in [-0.39, 0.29) is 24.2 Å². The first-order chi connectivity index (χ1) is 15.4. The molecule has 1 aliphatic rings. The van der Waals surface area contributed by atoms with Crippen LogP contribution in [0, 0.1) is 23.4 Å². The average Bonchev–Trinajstić information content (AvgIpc) is 2.91. The number of benzene rings is 1. The largest absolute Gasteiger partial charge is 0.332 e. The Hall–Kier alpha value is -3.08. The van der Waals surface area contributed by atoms with Gasteiger partial charge < -0.3 is 10.2 Å². The van der Waals surface area contributed by atoms with E-state index in [0.29, 0.717) is 28.3 Å². The van der Waals surface area contributed by atoms with Crippen molar-refractivity contribution in [2.45, 2.75) is 44.7 Å². The molecule has 1 saturated heterocycles. The molecule has 1 aliphatic heterocycles. The van der Waals surface area contributed by atoms with Crippen LogP contribution in [0.2, 0.25) is 0 Å². The molecule has 0 spiro atoms. The predicted molar refractivity (Wildman–Crippen MR) is 118 cm³/mol. The summed E-state index contributed by atoms with van der Waals surface area (Å²) >= 11 is 0.674. The summed E-state index contributed by atoms with van der Waals surface area (Å²) in [5.41, 5.74) is -1.68. The van der Waals surface area contributed by atoms with Gasteiger partial charge in [-0.15, -0.1) is 11.8 Å². The molecular formula is C22H23F3N4O3S. The highest BCUT2D eigenvalue weighted by atomic mass is 32.2. The van der Waals surface area contributed by atoms with E-state index in [1.807, 2.05) is 0 Å². The third kappa shape index (κ3) is 4.41. The van der Waals surface area contributed by atoms with Crippen LogP contribution in [0.1, 0.15) is 33.3 Å². The van der Waals surface area contributed by atoms with Crippen LogP contribution in [0.5, 0.6) is 0 Å². The first-order valence-corrected chi connectivity index (χ1v) is 11.3. The second-order valence-electron chi connectivity index (χ2n) is 8.30. The van der Waals surface area contributed by atoms with E-state index in [9.17, 15) is 27.6 Å². The topological polar surface area (TPSA) is 82.6 Å². The van der Waals surface area contributed by atoms with Crippen LogP contribution >= 0.6 is 11.8 Å². The second-order valence-corrected chi connectivity index (χ2v) is 9.12. The molecule has 2 aromatic rings. The van der Waals surface area contributed by atoms with E-state index in [1.54, 1.807) is 26.0 Å². The summed E-state index contributed by atoms with van der Waals surface area (Å²) < 4.78 is 43.3. The number of halogens is 3. The summed E-state index contributed by atoms with van der Waals surface area (Å²) in [6, 6.07) is 2.86. The molecule has 4 amide bonds. The van der Waals surface area contributed by atoms with E-state index in [1.165, 1.54) is 26.3 Å². The van der Waals surface area contributed by atoms with E-state index < -0.39 is 45.5 Å². The lowest BCUT2D eigenvalue weighted by Crippen LogP contribution is -2.43. The van der Waals surface area contributed by atoms with Crippen molar-refractivity contribution in [1.82, 2.24) is 9.88 Å². The van der Waals surface area contributed by atoms with Crippen molar-refractivity contribution in [1.29, 1.82) is 0 Å². The van der Waals surface area contributed by atoms with Crippen LogP contribution in [0.3, 0.4) is 0 Å². The molecule has 176 valence electrons. The molecule has 1 aromatic carbocycles. The second kappa shape index (κ2) is 9.05. The number of imide groups is 1. The van der Waals surface area contributed by atoms with Crippen LogP contribution in [-0.2, 0) is 16.1 Å². The highest BCUT2D eigenvalue weighted by Crippen LogP contribution is 2.38. The van der Waals surface area contributed by atoms with Gasteiger partial charge in [0, 0.05) is 24.7 Å². The number of thioether (sulfide) groups is 1. The molecule has 2 heterocycles. The van der Waals surface area contributed by atoms with Gasteiger partial charge >= 0.3 is 6.03 Å². The number of hydrogen-bond donors (Lipinski definition) is 1. The number of anilines is 2. The molecule has 3 rings (SSSR count). The number of urea groups is 1. The van der Waals surface area contributed by atoms with E-state index in [2.05, 4.69) is 10.3 Å². The van der Waals surface area contributed by atoms with E-state index >= 15 is 0 Å². The standard InChI is InChI=1S/C22H23F3N4O3S/c1-11(2)19(30)27-15-8-12(6-7-26-15)10-28-21(32)29(20(31)22(28,3)4)14-9-13(23)18(33-5)17(25)16(14)24/h6-9,11H,10H2,1-5H3,(H,26,27,30). The number of aromatic nitrogens is 1. The first kappa shape index (κ1) is 24.6. The molecule has 0 unspecified atom stereocenters. The van der Waals surface area contributed by atoms with Gasteiger partial charge in [0.25, 0.3) is 5.91 Å². The predicted octanol–water partition coefficient (Wildman–Crippen LogP) is 4.56. The smallest absolute Gasteiger partial charge is 0.310 e. The highest BCUT2D eigenvalue weighted by Gasteiger charge is 2.52. The van der Waals surface area contributed by atoms with E-state index in [0.717, 1.165) is 4.90 Å². The van der Waals surface area contributed by atoms with Crippen molar-refractivity contribution in [2.24, 2.45) is 5.92 Å². The monoisotopic (exact) mass is 480 g/mol. The minimum Gasteiger partial charge on any atom is -0.310 e. The lowest BCUT2D eigenvalue weighted by molar-refractivity contribution is -0.123. The van der Waals surface area contributed by atoms with Gasteiger partial charge in [-0.3, -0.25) is 9.59 Å². The Labute approximate surface area is 193 Å². The lowest BCUT2D eigenvalue weighted by atomic mass is 10.0. The number of nitrogens with one attached hydrogen (secondary N) is 1. The summed E-state index contributed by atoms with van der Waals surface area (Å²) in [5.74, 6) is -5.10. The molecular weight excluding hydrogens is 457 g/mol.